The number of carbonyl (C=O) groups is 2. The number of piperidine rings is 1. The molecule has 0 radical (unpaired) electrons. The fraction of sp³-hybridized carbons (Fsp3) is 0.552. The minimum Gasteiger partial charge on any atom is -0.366 e. The molecule has 11 heteroatoms. The van der Waals surface area contributed by atoms with Crippen LogP contribution in [0, 0.1) is 0 Å². The number of fused-ring (bicyclic) bond motifs is 1. The minimum absolute atomic E-state index is 0.130. The Balaban J connectivity index is 1.19. The summed E-state index contributed by atoms with van der Waals surface area (Å²) in [6.45, 7) is 1.14. The van der Waals surface area contributed by atoms with Crippen molar-refractivity contribution in [3.05, 3.63) is 41.7 Å². The van der Waals surface area contributed by atoms with Crippen molar-refractivity contribution in [1.82, 2.24) is 24.4 Å². The number of nitrogens with one attached hydrogen (secondary N) is 2. The lowest BCUT2D eigenvalue weighted by Gasteiger charge is -2.33. The predicted molar refractivity (Wildman–Crippen MR) is 154 cm³/mol. The second-order valence-electron chi connectivity index (χ2n) is 11.5. The highest BCUT2D eigenvalue weighted by atomic mass is 16.2. The zero-order chi connectivity index (χ0) is 27.6. The van der Waals surface area contributed by atoms with Gasteiger partial charge >= 0.3 is 0 Å². The van der Waals surface area contributed by atoms with Gasteiger partial charge in [-0.05, 0) is 63.5 Å². The normalized spacial score (nSPS) is 22.5. The summed E-state index contributed by atoms with van der Waals surface area (Å²) in [6.07, 6.45) is 12.2. The molecule has 40 heavy (non-hydrogen) atoms. The lowest BCUT2D eigenvalue weighted by molar-refractivity contribution is 0.0714. The van der Waals surface area contributed by atoms with Crippen molar-refractivity contribution in [2.24, 2.45) is 11.5 Å². The molecular weight excluding hydrogens is 506 g/mol. The highest BCUT2D eigenvalue weighted by Crippen LogP contribution is 2.34. The quantitative estimate of drug-likeness (QED) is 0.352. The molecule has 2 aromatic heterocycles. The number of likely N-dealkylation sites (tertiary alicyclic amines) is 1. The van der Waals surface area contributed by atoms with Crippen molar-refractivity contribution >= 4 is 34.7 Å². The van der Waals surface area contributed by atoms with Crippen molar-refractivity contribution in [3.8, 4) is 0 Å². The van der Waals surface area contributed by atoms with Crippen LogP contribution < -0.4 is 22.1 Å². The summed E-state index contributed by atoms with van der Waals surface area (Å²) in [5.41, 5.74) is 13.9. The van der Waals surface area contributed by atoms with E-state index < -0.39 is 5.91 Å². The summed E-state index contributed by atoms with van der Waals surface area (Å²) in [7, 11) is 0. The predicted octanol–water partition coefficient (Wildman–Crippen LogP) is 3.44. The number of benzene rings is 1. The van der Waals surface area contributed by atoms with Gasteiger partial charge in [-0.15, -0.1) is 0 Å². The van der Waals surface area contributed by atoms with Gasteiger partial charge in [0.2, 0.25) is 11.9 Å². The molecule has 1 aliphatic heterocycles. The Morgan fingerprint density at radius 1 is 0.850 bits per heavy atom. The van der Waals surface area contributed by atoms with E-state index in [1.165, 1.54) is 12.8 Å². The summed E-state index contributed by atoms with van der Waals surface area (Å²) in [5, 5.41) is 7.23. The zero-order valence-corrected chi connectivity index (χ0v) is 22.9. The molecule has 0 spiro atoms. The molecule has 3 aromatic rings. The van der Waals surface area contributed by atoms with E-state index in [-0.39, 0.29) is 23.6 Å². The van der Waals surface area contributed by atoms with Crippen LogP contribution in [0.3, 0.4) is 0 Å². The van der Waals surface area contributed by atoms with Crippen LogP contribution in [0.4, 0.5) is 11.8 Å². The molecule has 6 rings (SSSR count). The standard InChI is InChI=1S/C29H39N9O2/c30-18-9-11-19(12-10-18)34-29-35-26(24-27(36-29)38(17-32-24)21-5-1-2-6-21)33-20-13-15-37(16-14-20)28(40)23-8-4-3-7-22(23)25(31)39/h3-4,7-8,17-21H,1-2,5-6,9-16,30H2,(H2,31,39)(H2,33,34,35,36). The lowest BCUT2D eigenvalue weighted by Crippen LogP contribution is -2.43. The molecule has 3 fully saturated rings. The minimum atomic E-state index is -0.592. The Morgan fingerprint density at radius 2 is 1.52 bits per heavy atom. The second-order valence-corrected chi connectivity index (χ2v) is 11.5. The molecule has 0 atom stereocenters. The number of rotatable bonds is 7. The van der Waals surface area contributed by atoms with E-state index in [1.807, 2.05) is 6.33 Å². The molecule has 6 N–H and O–H groups in total. The number of hydrogen-bond donors (Lipinski definition) is 4. The van der Waals surface area contributed by atoms with Crippen LogP contribution in [0.5, 0.6) is 0 Å². The molecule has 1 saturated heterocycles. The topological polar surface area (TPSA) is 157 Å². The molecule has 2 aliphatic carbocycles. The van der Waals surface area contributed by atoms with Crippen molar-refractivity contribution in [3.63, 3.8) is 0 Å². The summed E-state index contributed by atoms with van der Waals surface area (Å²) >= 11 is 0. The van der Waals surface area contributed by atoms with E-state index in [0.29, 0.717) is 36.7 Å². The maximum absolute atomic E-state index is 13.2. The van der Waals surface area contributed by atoms with Crippen LogP contribution in [0.25, 0.3) is 11.2 Å². The number of nitrogens with two attached hydrogens (primary N) is 2. The first-order valence-corrected chi connectivity index (χ1v) is 14.7. The molecular formula is C29H39N9O2. The summed E-state index contributed by atoms with van der Waals surface area (Å²) in [4.78, 5) is 41.4. The van der Waals surface area contributed by atoms with Gasteiger partial charge in [-0.2, -0.15) is 9.97 Å². The highest BCUT2D eigenvalue weighted by molar-refractivity contribution is 6.06. The Morgan fingerprint density at radius 3 is 2.23 bits per heavy atom. The first-order valence-electron chi connectivity index (χ1n) is 14.7. The molecule has 1 aromatic carbocycles. The number of amides is 2. The van der Waals surface area contributed by atoms with E-state index in [2.05, 4.69) is 15.2 Å². The van der Waals surface area contributed by atoms with E-state index in [1.54, 1.807) is 29.2 Å². The monoisotopic (exact) mass is 545 g/mol. The van der Waals surface area contributed by atoms with Crippen molar-refractivity contribution in [2.45, 2.75) is 88.4 Å². The smallest absolute Gasteiger partial charge is 0.254 e. The van der Waals surface area contributed by atoms with E-state index in [0.717, 1.165) is 68.3 Å². The highest BCUT2D eigenvalue weighted by Gasteiger charge is 2.28. The maximum Gasteiger partial charge on any atom is 0.254 e. The van der Waals surface area contributed by atoms with E-state index >= 15 is 0 Å². The fourth-order valence-corrected chi connectivity index (χ4v) is 6.45. The van der Waals surface area contributed by atoms with Gasteiger partial charge in [-0.3, -0.25) is 9.59 Å². The number of nitrogens with zero attached hydrogens (tertiary/aromatic N) is 5. The Kier molecular flexibility index (Phi) is 7.55. The Hall–Kier alpha value is -3.73. The number of imidazole rings is 1. The third-order valence-corrected chi connectivity index (χ3v) is 8.79. The molecule has 212 valence electrons. The maximum atomic E-state index is 13.2. The van der Waals surface area contributed by atoms with Crippen LogP contribution in [-0.2, 0) is 0 Å². The number of hydrogen-bond acceptors (Lipinski definition) is 8. The molecule has 2 amide bonds. The van der Waals surface area contributed by atoms with Crippen molar-refractivity contribution in [2.75, 3.05) is 23.7 Å². The third-order valence-electron chi connectivity index (χ3n) is 8.79. The van der Waals surface area contributed by atoms with Gasteiger partial charge in [0, 0.05) is 37.3 Å². The fourth-order valence-electron chi connectivity index (χ4n) is 6.45. The lowest BCUT2D eigenvalue weighted by atomic mass is 9.92. The van der Waals surface area contributed by atoms with Gasteiger partial charge in [0.05, 0.1) is 17.5 Å². The summed E-state index contributed by atoms with van der Waals surface area (Å²) in [5.74, 6) is 0.614. The number of aromatic nitrogens is 4. The molecule has 3 aliphatic rings. The second kappa shape index (κ2) is 11.4. The molecule has 0 unspecified atom stereocenters. The molecule has 11 nitrogen and oxygen atoms in total. The van der Waals surface area contributed by atoms with Crippen LogP contribution >= 0.6 is 0 Å². The largest absolute Gasteiger partial charge is 0.366 e. The van der Waals surface area contributed by atoms with Gasteiger partial charge in [-0.1, -0.05) is 25.0 Å². The molecule has 0 bridgehead atoms. The number of anilines is 2. The third kappa shape index (κ3) is 5.47. The van der Waals surface area contributed by atoms with Gasteiger partial charge < -0.3 is 31.6 Å². The van der Waals surface area contributed by atoms with E-state index in [9.17, 15) is 9.59 Å². The average molecular weight is 546 g/mol. The molecule has 3 heterocycles. The van der Waals surface area contributed by atoms with Crippen LogP contribution in [0.1, 0.15) is 91.0 Å². The number of primary amides is 1. The van der Waals surface area contributed by atoms with Gasteiger partial charge in [0.25, 0.3) is 5.91 Å². The van der Waals surface area contributed by atoms with Crippen molar-refractivity contribution < 1.29 is 9.59 Å². The van der Waals surface area contributed by atoms with Crippen LogP contribution in [-0.4, -0.2) is 67.4 Å². The average Bonchev–Trinajstić information content (AvgIpc) is 3.65. The van der Waals surface area contributed by atoms with Gasteiger partial charge in [-0.25, -0.2) is 4.98 Å². The first-order chi connectivity index (χ1) is 19.5. The zero-order valence-electron chi connectivity index (χ0n) is 22.9. The van der Waals surface area contributed by atoms with Crippen LogP contribution in [0.2, 0.25) is 0 Å². The SMILES string of the molecule is NC(=O)c1ccccc1C(=O)N1CCC(Nc2nc(NC3CCC(N)CC3)nc3c2ncn3C2CCCC2)CC1. The Bertz CT molecular complexity index is 1370. The van der Waals surface area contributed by atoms with Gasteiger partial charge in [0.1, 0.15) is 0 Å². The van der Waals surface area contributed by atoms with Crippen LogP contribution in [0.15, 0.2) is 30.6 Å². The first kappa shape index (κ1) is 26.5. The Labute approximate surface area is 234 Å². The van der Waals surface area contributed by atoms with E-state index in [4.69, 9.17) is 26.4 Å². The summed E-state index contributed by atoms with van der Waals surface area (Å²) in [6, 6.07) is 7.88. The van der Waals surface area contributed by atoms with Crippen molar-refractivity contribution in [1.29, 1.82) is 0 Å². The molecule has 2 saturated carbocycles. The summed E-state index contributed by atoms with van der Waals surface area (Å²) < 4.78 is 2.23. The number of carbonyl (C=O) groups excluding carboxylic acids is 2. The van der Waals surface area contributed by atoms with Gasteiger partial charge in [0.15, 0.2) is 17.0 Å².